The summed E-state index contributed by atoms with van der Waals surface area (Å²) >= 11 is 0. The molecule has 8 heteroatoms. The van der Waals surface area contributed by atoms with Gasteiger partial charge in [0.15, 0.2) is 5.65 Å². The van der Waals surface area contributed by atoms with Crippen molar-refractivity contribution in [1.82, 2.24) is 29.5 Å². The molecule has 1 aromatic carbocycles. The Hall–Kier alpha value is -4.07. The van der Waals surface area contributed by atoms with Crippen LogP contribution in [0.5, 0.6) is 0 Å². The Kier molecular flexibility index (Phi) is 4.44. The van der Waals surface area contributed by atoms with Gasteiger partial charge in [-0.2, -0.15) is 5.10 Å². The molecule has 0 aliphatic carbocycles. The standard InChI is InChI=1S/C22H18FN7/c1-14-4-2-7-18(27-14)21-20(16-8-9-30-19(11-16)25-13-26-30)28-22(29-21)24-12-15-5-3-6-17(23)10-15/h2-11,13H,12H2,1H3,(H2,24,28,29). The van der Waals surface area contributed by atoms with Crippen molar-refractivity contribution in [2.45, 2.75) is 13.5 Å². The zero-order valence-electron chi connectivity index (χ0n) is 16.2. The van der Waals surface area contributed by atoms with E-state index >= 15 is 0 Å². The Morgan fingerprint density at radius 2 is 1.97 bits per heavy atom. The summed E-state index contributed by atoms with van der Waals surface area (Å²) in [5.41, 5.74) is 5.70. The summed E-state index contributed by atoms with van der Waals surface area (Å²) in [7, 11) is 0. The van der Waals surface area contributed by atoms with E-state index in [1.54, 1.807) is 10.6 Å². The van der Waals surface area contributed by atoms with Gasteiger partial charge in [0.05, 0.1) is 11.4 Å². The highest BCUT2D eigenvalue weighted by atomic mass is 19.1. The molecule has 7 nitrogen and oxygen atoms in total. The molecule has 0 radical (unpaired) electrons. The first kappa shape index (κ1) is 18.0. The second kappa shape index (κ2) is 7.40. The summed E-state index contributed by atoms with van der Waals surface area (Å²) in [5, 5.41) is 7.38. The molecule has 30 heavy (non-hydrogen) atoms. The molecule has 0 fully saturated rings. The number of benzene rings is 1. The van der Waals surface area contributed by atoms with Crippen LogP contribution in [0.1, 0.15) is 11.3 Å². The quantitative estimate of drug-likeness (QED) is 0.462. The van der Waals surface area contributed by atoms with E-state index in [0.29, 0.717) is 12.5 Å². The van der Waals surface area contributed by atoms with Crippen LogP contribution in [-0.4, -0.2) is 29.5 Å². The lowest BCUT2D eigenvalue weighted by molar-refractivity contribution is 0.626. The number of H-pyrrole nitrogens is 1. The first-order valence-electron chi connectivity index (χ1n) is 9.48. The van der Waals surface area contributed by atoms with E-state index < -0.39 is 0 Å². The summed E-state index contributed by atoms with van der Waals surface area (Å²) in [5.74, 6) is 0.314. The zero-order chi connectivity index (χ0) is 20.5. The Morgan fingerprint density at radius 1 is 1.07 bits per heavy atom. The van der Waals surface area contributed by atoms with Crippen molar-refractivity contribution in [3.8, 4) is 22.6 Å². The molecule has 2 N–H and O–H groups in total. The summed E-state index contributed by atoms with van der Waals surface area (Å²) in [6.45, 7) is 2.39. The number of rotatable bonds is 5. The molecule has 148 valence electrons. The fraction of sp³-hybridized carbons (Fsp3) is 0.0909. The van der Waals surface area contributed by atoms with Gasteiger partial charge in [0.25, 0.3) is 0 Å². The van der Waals surface area contributed by atoms with Gasteiger partial charge in [-0.05, 0) is 48.9 Å². The third-order valence-electron chi connectivity index (χ3n) is 4.75. The molecule has 0 saturated carbocycles. The van der Waals surface area contributed by atoms with Crippen LogP contribution >= 0.6 is 0 Å². The van der Waals surface area contributed by atoms with Crippen molar-refractivity contribution in [2.75, 3.05) is 5.32 Å². The molecule has 4 heterocycles. The lowest BCUT2D eigenvalue weighted by atomic mass is 10.1. The van der Waals surface area contributed by atoms with Crippen LogP contribution in [0.4, 0.5) is 10.3 Å². The normalized spacial score (nSPS) is 11.1. The Morgan fingerprint density at radius 3 is 2.83 bits per heavy atom. The van der Waals surface area contributed by atoms with E-state index in [-0.39, 0.29) is 5.82 Å². The highest BCUT2D eigenvalue weighted by Gasteiger charge is 2.16. The molecule has 0 aliphatic rings. The molecule has 0 aliphatic heterocycles. The highest BCUT2D eigenvalue weighted by Crippen LogP contribution is 2.31. The molecular formula is C22H18FN7. The summed E-state index contributed by atoms with van der Waals surface area (Å²) in [4.78, 5) is 17.0. The van der Waals surface area contributed by atoms with Crippen LogP contribution in [0.2, 0.25) is 0 Å². The zero-order valence-corrected chi connectivity index (χ0v) is 16.2. The molecule has 0 spiro atoms. The van der Waals surface area contributed by atoms with Crippen LogP contribution in [0, 0.1) is 12.7 Å². The summed E-state index contributed by atoms with van der Waals surface area (Å²) in [6.07, 6.45) is 3.36. The number of aryl methyl sites for hydroxylation is 1. The van der Waals surface area contributed by atoms with Crippen LogP contribution in [0.3, 0.4) is 0 Å². The Bertz CT molecular complexity index is 1340. The molecule has 0 amide bonds. The van der Waals surface area contributed by atoms with Crippen molar-refractivity contribution in [3.63, 3.8) is 0 Å². The number of aromatic amines is 1. The lowest BCUT2D eigenvalue weighted by Gasteiger charge is -2.04. The van der Waals surface area contributed by atoms with Crippen molar-refractivity contribution in [2.24, 2.45) is 0 Å². The van der Waals surface area contributed by atoms with Crippen LogP contribution in [0.15, 0.2) is 67.1 Å². The van der Waals surface area contributed by atoms with Crippen molar-refractivity contribution >= 4 is 11.6 Å². The van der Waals surface area contributed by atoms with Gasteiger partial charge in [-0.1, -0.05) is 18.2 Å². The number of halogens is 1. The largest absolute Gasteiger partial charge is 0.352 e. The van der Waals surface area contributed by atoms with E-state index in [0.717, 1.165) is 39.5 Å². The van der Waals surface area contributed by atoms with Gasteiger partial charge in [0.1, 0.15) is 17.8 Å². The Labute approximate surface area is 171 Å². The van der Waals surface area contributed by atoms with Crippen molar-refractivity contribution in [3.05, 3.63) is 84.2 Å². The minimum Gasteiger partial charge on any atom is -0.352 e. The SMILES string of the molecule is Cc1cccc(-c2[nH]c(NCc3cccc(F)c3)nc2-c2ccn3ncnc3c2)n1. The maximum absolute atomic E-state index is 13.5. The molecule has 0 atom stereocenters. The number of aromatic nitrogens is 6. The number of hydrogen-bond donors (Lipinski definition) is 2. The molecule has 5 aromatic rings. The van der Waals surface area contributed by atoms with Gasteiger partial charge in [-0.15, -0.1) is 0 Å². The predicted octanol–water partition coefficient (Wildman–Crippen LogP) is 4.24. The minimum atomic E-state index is -0.263. The van der Waals surface area contributed by atoms with E-state index in [1.165, 1.54) is 18.5 Å². The number of pyridine rings is 2. The van der Waals surface area contributed by atoms with Crippen LogP contribution in [-0.2, 0) is 6.54 Å². The number of anilines is 1. The van der Waals surface area contributed by atoms with E-state index in [9.17, 15) is 4.39 Å². The highest BCUT2D eigenvalue weighted by molar-refractivity contribution is 5.79. The second-order valence-electron chi connectivity index (χ2n) is 6.93. The number of nitrogens with one attached hydrogen (secondary N) is 2. The fourth-order valence-corrected chi connectivity index (χ4v) is 3.33. The van der Waals surface area contributed by atoms with Gasteiger partial charge in [-0.3, -0.25) is 4.98 Å². The van der Waals surface area contributed by atoms with E-state index in [1.807, 2.05) is 49.5 Å². The van der Waals surface area contributed by atoms with Crippen LogP contribution in [0.25, 0.3) is 28.3 Å². The average Bonchev–Trinajstić information content (AvgIpc) is 3.39. The van der Waals surface area contributed by atoms with Gasteiger partial charge < -0.3 is 10.3 Å². The number of fused-ring (bicyclic) bond motifs is 1. The monoisotopic (exact) mass is 399 g/mol. The van der Waals surface area contributed by atoms with Gasteiger partial charge in [-0.25, -0.2) is 18.9 Å². The molecule has 4 aromatic heterocycles. The smallest absolute Gasteiger partial charge is 0.201 e. The second-order valence-corrected chi connectivity index (χ2v) is 6.93. The number of nitrogens with zero attached hydrogens (tertiary/aromatic N) is 5. The van der Waals surface area contributed by atoms with Crippen molar-refractivity contribution in [1.29, 1.82) is 0 Å². The first-order chi connectivity index (χ1) is 14.7. The average molecular weight is 399 g/mol. The third-order valence-corrected chi connectivity index (χ3v) is 4.75. The topological polar surface area (TPSA) is 83.8 Å². The van der Waals surface area contributed by atoms with Gasteiger partial charge >= 0.3 is 0 Å². The van der Waals surface area contributed by atoms with E-state index in [2.05, 4.69) is 25.4 Å². The molecule has 0 saturated heterocycles. The van der Waals surface area contributed by atoms with E-state index in [4.69, 9.17) is 4.98 Å². The maximum Gasteiger partial charge on any atom is 0.201 e. The Balaban J connectivity index is 1.55. The lowest BCUT2D eigenvalue weighted by Crippen LogP contribution is -2.01. The summed E-state index contributed by atoms with van der Waals surface area (Å²) in [6, 6.07) is 16.2. The minimum absolute atomic E-state index is 0.263. The third kappa shape index (κ3) is 3.50. The number of hydrogen-bond acceptors (Lipinski definition) is 5. The van der Waals surface area contributed by atoms with Gasteiger partial charge in [0.2, 0.25) is 5.95 Å². The maximum atomic E-state index is 13.5. The van der Waals surface area contributed by atoms with Gasteiger partial charge in [0, 0.05) is 24.0 Å². The molecule has 0 bridgehead atoms. The number of imidazole rings is 1. The molecule has 0 unspecified atom stereocenters. The molecule has 5 rings (SSSR count). The first-order valence-corrected chi connectivity index (χ1v) is 9.48. The summed E-state index contributed by atoms with van der Waals surface area (Å²) < 4.78 is 15.2. The van der Waals surface area contributed by atoms with Crippen molar-refractivity contribution < 1.29 is 4.39 Å². The fourth-order valence-electron chi connectivity index (χ4n) is 3.33. The molecular weight excluding hydrogens is 381 g/mol. The van der Waals surface area contributed by atoms with Crippen LogP contribution < -0.4 is 5.32 Å². The predicted molar refractivity (Wildman–Crippen MR) is 112 cm³/mol.